The lowest BCUT2D eigenvalue weighted by molar-refractivity contribution is 0.114. The maximum absolute atomic E-state index is 5.53. The van der Waals surface area contributed by atoms with E-state index in [1.807, 2.05) is 0 Å². The summed E-state index contributed by atoms with van der Waals surface area (Å²) in [6.45, 7) is 9.46. The number of rotatable bonds is 7. The molecule has 0 aliphatic rings. The Kier molecular flexibility index (Phi) is 7.73. The van der Waals surface area contributed by atoms with Crippen LogP contribution in [0, 0.1) is 12.8 Å². The third kappa shape index (κ3) is 6.57. The maximum Gasteiger partial charge on any atom is 0.191 e. The Labute approximate surface area is 122 Å². The molecule has 20 heavy (non-hydrogen) atoms. The second-order valence-electron chi connectivity index (χ2n) is 5.25. The van der Waals surface area contributed by atoms with Crippen molar-refractivity contribution in [3.63, 3.8) is 0 Å². The number of aliphatic imine (C=N–C) groups is 1. The van der Waals surface area contributed by atoms with Gasteiger partial charge in [-0.15, -0.1) is 0 Å². The zero-order chi connectivity index (χ0) is 14.8. The highest BCUT2D eigenvalue weighted by molar-refractivity contribution is 5.79. The topological polar surface area (TPSA) is 45.7 Å². The lowest BCUT2D eigenvalue weighted by atomic mass is 10.1. The molecule has 2 N–H and O–H groups in total. The van der Waals surface area contributed by atoms with Gasteiger partial charge in [0.15, 0.2) is 5.96 Å². The molecular weight excluding hydrogens is 250 g/mol. The zero-order valence-electron chi connectivity index (χ0n) is 13.1. The number of nitrogens with zero attached hydrogens (tertiary/aromatic N) is 1. The monoisotopic (exact) mass is 277 g/mol. The molecule has 0 aromatic heterocycles. The second-order valence-corrected chi connectivity index (χ2v) is 5.25. The van der Waals surface area contributed by atoms with Crippen molar-refractivity contribution in [3.8, 4) is 0 Å². The van der Waals surface area contributed by atoms with Gasteiger partial charge in [-0.3, -0.25) is 4.99 Å². The van der Waals surface area contributed by atoms with E-state index in [4.69, 9.17) is 4.74 Å². The van der Waals surface area contributed by atoms with Crippen LogP contribution in [0.1, 0.15) is 25.0 Å². The van der Waals surface area contributed by atoms with Gasteiger partial charge in [-0.25, -0.2) is 0 Å². The maximum atomic E-state index is 5.53. The van der Waals surface area contributed by atoms with Gasteiger partial charge in [-0.2, -0.15) is 0 Å². The van der Waals surface area contributed by atoms with E-state index in [-0.39, 0.29) is 0 Å². The van der Waals surface area contributed by atoms with Gasteiger partial charge in [0.2, 0.25) is 0 Å². The molecular formula is C16H27N3O. The Morgan fingerprint density at radius 1 is 1.25 bits per heavy atom. The van der Waals surface area contributed by atoms with Crippen LogP contribution in [0.25, 0.3) is 0 Å². The molecule has 0 saturated heterocycles. The van der Waals surface area contributed by atoms with E-state index in [9.17, 15) is 0 Å². The predicted molar refractivity (Wildman–Crippen MR) is 85.0 cm³/mol. The fourth-order valence-corrected chi connectivity index (χ4v) is 1.77. The Hall–Kier alpha value is -1.55. The molecule has 0 heterocycles. The molecule has 0 spiro atoms. The van der Waals surface area contributed by atoms with Crippen molar-refractivity contribution < 1.29 is 4.74 Å². The molecule has 0 saturated carbocycles. The molecule has 0 fully saturated rings. The fraction of sp³-hybridized carbons (Fsp3) is 0.562. The quantitative estimate of drug-likeness (QED) is 0.457. The van der Waals surface area contributed by atoms with Crippen molar-refractivity contribution in [1.82, 2.24) is 10.6 Å². The number of ether oxygens (including phenoxy) is 1. The summed E-state index contributed by atoms with van der Waals surface area (Å²) in [5.41, 5.74) is 2.57. The number of benzene rings is 1. The van der Waals surface area contributed by atoms with Gasteiger partial charge in [0.25, 0.3) is 0 Å². The van der Waals surface area contributed by atoms with Crippen LogP contribution in [0.4, 0.5) is 0 Å². The van der Waals surface area contributed by atoms with Gasteiger partial charge in [0, 0.05) is 26.7 Å². The molecule has 4 nitrogen and oxygen atoms in total. The molecule has 4 heteroatoms. The average Bonchev–Trinajstić information content (AvgIpc) is 2.43. The lowest BCUT2D eigenvalue weighted by Crippen LogP contribution is -2.38. The van der Waals surface area contributed by atoms with E-state index in [2.05, 4.69) is 60.7 Å². The first-order valence-corrected chi connectivity index (χ1v) is 7.20. The van der Waals surface area contributed by atoms with Gasteiger partial charge in [-0.05, 0) is 24.0 Å². The number of aryl methyl sites for hydroxylation is 1. The second kappa shape index (κ2) is 9.37. The van der Waals surface area contributed by atoms with E-state index >= 15 is 0 Å². The van der Waals surface area contributed by atoms with E-state index < -0.39 is 0 Å². The summed E-state index contributed by atoms with van der Waals surface area (Å²) in [6.07, 6.45) is 0. The first kappa shape index (κ1) is 16.5. The summed E-state index contributed by atoms with van der Waals surface area (Å²) in [6, 6.07) is 8.35. The molecule has 0 atom stereocenters. The minimum Gasteiger partial charge on any atom is -0.379 e. The largest absolute Gasteiger partial charge is 0.379 e. The van der Waals surface area contributed by atoms with Crippen molar-refractivity contribution >= 4 is 5.96 Å². The van der Waals surface area contributed by atoms with E-state index in [1.165, 1.54) is 11.1 Å². The molecule has 112 valence electrons. The number of hydrogen-bond acceptors (Lipinski definition) is 2. The number of guanidine groups is 1. The molecule has 0 aliphatic carbocycles. The minimum absolute atomic E-state index is 0.577. The normalized spacial score (nSPS) is 11.8. The first-order valence-electron chi connectivity index (χ1n) is 7.20. The molecule has 0 aliphatic heterocycles. The van der Waals surface area contributed by atoms with Crippen LogP contribution in [0.3, 0.4) is 0 Å². The highest BCUT2D eigenvalue weighted by atomic mass is 16.5. The van der Waals surface area contributed by atoms with E-state index in [0.29, 0.717) is 12.5 Å². The third-order valence-electron chi connectivity index (χ3n) is 2.92. The lowest BCUT2D eigenvalue weighted by Gasteiger charge is -2.13. The molecule has 1 aromatic rings. The minimum atomic E-state index is 0.577. The van der Waals surface area contributed by atoms with Crippen molar-refractivity contribution in [1.29, 1.82) is 0 Å². The van der Waals surface area contributed by atoms with Gasteiger partial charge >= 0.3 is 0 Å². The standard InChI is InChI=1S/C16H27N3O/c1-13(2)12-20-10-9-18-16(17-4)19-11-15-8-6-5-7-14(15)3/h5-8,13H,9-12H2,1-4H3,(H2,17,18,19). The van der Waals surface area contributed by atoms with Gasteiger partial charge < -0.3 is 15.4 Å². The molecule has 1 rings (SSSR count). The summed E-state index contributed by atoms with van der Waals surface area (Å²) in [7, 11) is 1.78. The smallest absolute Gasteiger partial charge is 0.191 e. The van der Waals surface area contributed by atoms with Gasteiger partial charge in [0.1, 0.15) is 0 Å². The van der Waals surface area contributed by atoms with Crippen LogP contribution < -0.4 is 10.6 Å². The summed E-state index contributed by atoms with van der Waals surface area (Å²) in [4.78, 5) is 4.20. The van der Waals surface area contributed by atoms with Crippen LogP contribution in [-0.2, 0) is 11.3 Å². The highest BCUT2D eigenvalue weighted by Gasteiger charge is 2.00. The Morgan fingerprint density at radius 2 is 2.00 bits per heavy atom. The van der Waals surface area contributed by atoms with Crippen molar-refractivity contribution in [2.24, 2.45) is 10.9 Å². The van der Waals surface area contributed by atoms with Crippen molar-refractivity contribution in [2.75, 3.05) is 26.8 Å². The van der Waals surface area contributed by atoms with Crippen molar-refractivity contribution in [3.05, 3.63) is 35.4 Å². The summed E-state index contributed by atoms with van der Waals surface area (Å²) in [5.74, 6) is 1.38. The highest BCUT2D eigenvalue weighted by Crippen LogP contribution is 2.05. The van der Waals surface area contributed by atoms with Crippen LogP contribution >= 0.6 is 0 Å². The molecule has 0 unspecified atom stereocenters. The van der Waals surface area contributed by atoms with Crippen LogP contribution in [0.15, 0.2) is 29.3 Å². The molecule has 0 bridgehead atoms. The van der Waals surface area contributed by atoms with Crippen molar-refractivity contribution in [2.45, 2.75) is 27.3 Å². The molecule has 1 aromatic carbocycles. The molecule has 0 amide bonds. The Bertz CT molecular complexity index is 416. The van der Waals surface area contributed by atoms with Crippen LogP contribution in [0.2, 0.25) is 0 Å². The first-order chi connectivity index (χ1) is 9.63. The average molecular weight is 277 g/mol. The van der Waals surface area contributed by atoms with Crippen LogP contribution in [-0.4, -0.2) is 32.8 Å². The fourth-order valence-electron chi connectivity index (χ4n) is 1.77. The number of nitrogens with one attached hydrogen (secondary N) is 2. The number of hydrogen-bond donors (Lipinski definition) is 2. The Balaban J connectivity index is 2.25. The SMILES string of the molecule is CN=C(NCCOCC(C)C)NCc1ccccc1C. The summed E-state index contributed by atoms with van der Waals surface area (Å²) in [5, 5.41) is 6.56. The molecule has 0 radical (unpaired) electrons. The van der Waals surface area contributed by atoms with Gasteiger partial charge in [0.05, 0.1) is 6.61 Å². The third-order valence-corrected chi connectivity index (χ3v) is 2.92. The van der Waals surface area contributed by atoms with Crippen LogP contribution in [0.5, 0.6) is 0 Å². The predicted octanol–water partition coefficient (Wildman–Crippen LogP) is 2.33. The zero-order valence-corrected chi connectivity index (χ0v) is 13.1. The Morgan fingerprint density at radius 3 is 2.65 bits per heavy atom. The summed E-state index contributed by atoms with van der Waals surface area (Å²) < 4.78 is 5.53. The summed E-state index contributed by atoms with van der Waals surface area (Å²) >= 11 is 0. The van der Waals surface area contributed by atoms with Gasteiger partial charge in [-0.1, -0.05) is 38.1 Å². The van der Waals surface area contributed by atoms with E-state index in [1.54, 1.807) is 7.05 Å². The van der Waals surface area contributed by atoms with E-state index in [0.717, 1.165) is 25.7 Å².